The van der Waals surface area contributed by atoms with Crippen LogP contribution < -0.4 is 10.0 Å². The largest absolute Gasteiger partial charge is 0.353 e. The average Bonchev–Trinajstić information content (AvgIpc) is 2.61. The van der Waals surface area contributed by atoms with Gasteiger partial charge in [-0.25, -0.2) is 18.5 Å². The Labute approximate surface area is 161 Å². The lowest BCUT2D eigenvalue weighted by atomic mass is 10.1. The van der Waals surface area contributed by atoms with Crippen LogP contribution in [0.4, 0.5) is 5.82 Å². The number of nitrogens with two attached hydrogens (primary N) is 1. The number of nitrogens with zero attached hydrogens (tertiary/aromatic N) is 3. The van der Waals surface area contributed by atoms with Gasteiger partial charge in [-0.05, 0) is 52.7 Å². The summed E-state index contributed by atoms with van der Waals surface area (Å²) in [7, 11) is -3.85. The van der Waals surface area contributed by atoms with Gasteiger partial charge in [-0.3, -0.25) is 4.79 Å². The molecule has 1 fully saturated rings. The molecule has 0 radical (unpaired) electrons. The maximum absolute atomic E-state index is 12.8. The molecule has 0 atom stereocenters. The maximum atomic E-state index is 12.8. The van der Waals surface area contributed by atoms with Crippen LogP contribution in [0.2, 0.25) is 0 Å². The van der Waals surface area contributed by atoms with Crippen LogP contribution >= 0.6 is 15.9 Å². The van der Waals surface area contributed by atoms with Gasteiger partial charge in [0, 0.05) is 42.4 Å². The molecule has 3 rings (SSSR count). The summed E-state index contributed by atoms with van der Waals surface area (Å²) in [5.41, 5.74) is 1.09. The summed E-state index contributed by atoms with van der Waals surface area (Å²) in [6, 6.07) is 8.24. The Morgan fingerprint density at radius 1 is 1.15 bits per heavy atom. The van der Waals surface area contributed by atoms with Crippen molar-refractivity contribution in [3.63, 3.8) is 0 Å². The Balaban J connectivity index is 1.73. The minimum atomic E-state index is -3.85. The van der Waals surface area contributed by atoms with Crippen molar-refractivity contribution in [2.75, 3.05) is 31.1 Å². The molecular weight excluding hydrogens is 420 g/mol. The fourth-order valence-electron chi connectivity index (χ4n) is 2.87. The van der Waals surface area contributed by atoms with Crippen LogP contribution in [0, 0.1) is 6.92 Å². The number of carbonyl (C=O) groups is 1. The van der Waals surface area contributed by atoms with E-state index in [0.717, 1.165) is 15.9 Å². The van der Waals surface area contributed by atoms with E-state index in [4.69, 9.17) is 5.14 Å². The molecule has 2 aromatic rings. The van der Waals surface area contributed by atoms with Crippen molar-refractivity contribution in [3.05, 3.63) is 52.1 Å². The number of halogens is 1. The summed E-state index contributed by atoms with van der Waals surface area (Å²) in [5.74, 6) is 0.684. The molecule has 26 heavy (non-hydrogen) atoms. The molecule has 9 heteroatoms. The Bertz CT molecular complexity index is 924. The summed E-state index contributed by atoms with van der Waals surface area (Å²) >= 11 is 3.36. The van der Waals surface area contributed by atoms with Gasteiger partial charge in [0.15, 0.2) is 0 Å². The Hall–Kier alpha value is -1.97. The van der Waals surface area contributed by atoms with Crippen molar-refractivity contribution in [1.29, 1.82) is 0 Å². The standard InChI is InChI=1S/C17H19BrN4O3S/c1-12-2-4-14(26(19,24)25)10-15(12)17(23)22-8-6-21(7-9-22)16-5-3-13(18)11-20-16/h2-5,10-11H,6-9H2,1H3,(H2,19,24,25). The Kier molecular flexibility index (Phi) is 5.31. The molecule has 1 aromatic heterocycles. The zero-order chi connectivity index (χ0) is 18.9. The minimum absolute atomic E-state index is 0.0517. The van der Waals surface area contributed by atoms with E-state index in [-0.39, 0.29) is 10.8 Å². The summed E-state index contributed by atoms with van der Waals surface area (Å²) in [5, 5.41) is 5.18. The number of piperazine rings is 1. The highest BCUT2D eigenvalue weighted by molar-refractivity contribution is 9.10. The molecule has 1 aromatic carbocycles. The zero-order valence-electron chi connectivity index (χ0n) is 14.2. The van der Waals surface area contributed by atoms with Crippen molar-refractivity contribution >= 4 is 37.7 Å². The van der Waals surface area contributed by atoms with E-state index in [1.807, 2.05) is 12.1 Å². The van der Waals surface area contributed by atoms with Gasteiger partial charge >= 0.3 is 0 Å². The van der Waals surface area contributed by atoms with Crippen molar-refractivity contribution in [1.82, 2.24) is 9.88 Å². The molecule has 138 valence electrons. The molecule has 0 bridgehead atoms. The third-order valence-electron chi connectivity index (χ3n) is 4.37. The second-order valence-electron chi connectivity index (χ2n) is 6.14. The van der Waals surface area contributed by atoms with Gasteiger partial charge in [0.1, 0.15) is 5.82 Å². The van der Waals surface area contributed by atoms with Crippen LogP contribution in [0.25, 0.3) is 0 Å². The number of aryl methyl sites for hydroxylation is 1. The molecule has 0 unspecified atom stereocenters. The number of amides is 1. The lowest BCUT2D eigenvalue weighted by Crippen LogP contribution is -2.49. The van der Waals surface area contributed by atoms with E-state index in [2.05, 4.69) is 25.8 Å². The van der Waals surface area contributed by atoms with Crippen molar-refractivity contribution in [2.45, 2.75) is 11.8 Å². The van der Waals surface area contributed by atoms with E-state index in [1.54, 1.807) is 24.1 Å². The van der Waals surface area contributed by atoms with E-state index in [0.29, 0.717) is 31.7 Å². The second-order valence-corrected chi connectivity index (χ2v) is 8.61. The lowest BCUT2D eigenvalue weighted by molar-refractivity contribution is 0.0745. The first-order valence-electron chi connectivity index (χ1n) is 8.05. The van der Waals surface area contributed by atoms with Crippen LogP contribution in [0.3, 0.4) is 0 Å². The number of hydrogen-bond donors (Lipinski definition) is 1. The van der Waals surface area contributed by atoms with Crippen LogP contribution in [0.15, 0.2) is 45.9 Å². The number of aromatic nitrogens is 1. The molecule has 2 heterocycles. The Morgan fingerprint density at radius 3 is 2.42 bits per heavy atom. The molecule has 1 saturated heterocycles. The van der Waals surface area contributed by atoms with E-state index in [1.165, 1.54) is 12.1 Å². The monoisotopic (exact) mass is 438 g/mol. The average molecular weight is 439 g/mol. The number of carbonyl (C=O) groups excluding carboxylic acids is 1. The number of benzene rings is 1. The second kappa shape index (κ2) is 7.34. The molecule has 1 aliphatic rings. The predicted molar refractivity (Wildman–Crippen MR) is 103 cm³/mol. The van der Waals surface area contributed by atoms with Gasteiger partial charge in [0.25, 0.3) is 5.91 Å². The predicted octanol–water partition coefficient (Wildman–Crippen LogP) is 1.76. The molecule has 0 aliphatic carbocycles. The SMILES string of the molecule is Cc1ccc(S(N)(=O)=O)cc1C(=O)N1CCN(c2ccc(Br)cn2)CC1. The van der Waals surface area contributed by atoms with Gasteiger partial charge in [0.2, 0.25) is 10.0 Å². The van der Waals surface area contributed by atoms with Crippen LogP contribution in [0.5, 0.6) is 0 Å². The smallest absolute Gasteiger partial charge is 0.254 e. The normalized spacial score (nSPS) is 15.2. The molecule has 2 N–H and O–H groups in total. The highest BCUT2D eigenvalue weighted by Crippen LogP contribution is 2.20. The quantitative estimate of drug-likeness (QED) is 0.787. The summed E-state index contributed by atoms with van der Waals surface area (Å²) in [4.78, 5) is 21.0. The maximum Gasteiger partial charge on any atom is 0.254 e. The number of primary sulfonamides is 1. The van der Waals surface area contributed by atoms with Gasteiger partial charge in [-0.2, -0.15) is 0 Å². The molecule has 0 spiro atoms. The first kappa shape index (κ1) is 18.8. The number of pyridine rings is 1. The van der Waals surface area contributed by atoms with Crippen LogP contribution in [-0.2, 0) is 10.0 Å². The van der Waals surface area contributed by atoms with Crippen molar-refractivity contribution < 1.29 is 13.2 Å². The minimum Gasteiger partial charge on any atom is -0.353 e. The number of anilines is 1. The van der Waals surface area contributed by atoms with E-state index >= 15 is 0 Å². The van der Waals surface area contributed by atoms with Crippen LogP contribution in [0.1, 0.15) is 15.9 Å². The van der Waals surface area contributed by atoms with Crippen molar-refractivity contribution in [2.24, 2.45) is 5.14 Å². The molecule has 0 saturated carbocycles. The van der Waals surface area contributed by atoms with Crippen LogP contribution in [-0.4, -0.2) is 50.4 Å². The lowest BCUT2D eigenvalue weighted by Gasteiger charge is -2.35. The first-order valence-corrected chi connectivity index (χ1v) is 10.4. The van der Waals surface area contributed by atoms with E-state index < -0.39 is 10.0 Å². The molecule has 7 nitrogen and oxygen atoms in total. The molecule has 1 amide bonds. The fourth-order valence-corrected chi connectivity index (χ4v) is 3.65. The summed E-state index contributed by atoms with van der Waals surface area (Å²) in [6.45, 7) is 4.18. The third kappa shape index (κ3) is 4.05. The number of hydrogen-bond acceptors (Lipinski definition) is 5. The number of rotatable bonds is 3. The van der Waals surface area contributed by atoms with E-state index in [9.17, 15) is 13.2 Å². The first-order chi connectivity index (χ1) is 12.3. The van der Waals surface area contributed by atoms with Crippen molar-refractivity contribution in [3.8, 4) is 0 Å². The van der Waals surface area contributed by atoms with Gasteiger partial charge < -0.3 is 9.80 Å². The van der Waals surface area contributed by atoms with Gasteiger partial charge in [0.05, 0.1) is 4.90 Å². The molecule has 1 aliphatic heterocycles. The van der Waals surface area contributed by atoms with Gasteiger partial charge in [-0.1, -0.05) is 6.07 Å². The topological polar surface area (TPSA) is 96.6 Å². The molecular formula is C17H19BrN4O3S. The highest BCUT2D eigenvalue weighted by Gasteiger charge is 2.24. The third-order valence-corrected chi connectivity index (χ3v) is 5.75. The summed E-state index contributed by atoms with van der Waals surface area (Å²) < 4.78 is 24.0. The Morgan fingerprint density at radius 2 is 1.85 bits per heavy atom. The summed E-state index contributed by atoms with van der Waals surface area (Å²) in [6.07, 6.45) is 1.75. The zero-order valence-corrected chi connectivity index (χ0v) is 16.6. The van der Waals surface area contributed by atoms with Gasteiger partial charge in [-0.15, -0.1) is 0 Å². The number of sulfonamides is 1. The fraction of sp³-hybridized carbons (Fsp3) is 0.294. The highest BCUT2D eigenvalue weighted by atomic mass is 79.9.